The molecule has 1 aromatic heterocycles. The van der Waals surface area contributed by atoms with Crippen molar-refractivity contribution in [2.24, 2.45) is 0 Å². The molecule has 1 aromatic carbocycles. The summed E-state index contributed by atoms with van der Waals surface area (Å²) < 4.78 is 2.03. The van der Waals surface area contributed by atoms with E-state index in [-0.39, 0.29) is 0 Å². The van der Waals surface area contributed by atoms with Gasteiger partial charge in [-0.1, -0.05) is 30.7 Å². The first-order chi connectivity index (χ1) is 10.2. The van der Waals surface area contributed by atoms with Crippen LogP contribution in [0.15, 0.2) is 24.4 Å². The van der Waals surface area contributed by atoms with Crippen molar-refractivity contribution < 1.29 is 0 Å². The lowest BCUT2D eigenvalue weighted by atomic mass is 9.96. The first-order valence-corrected chi connectivity index (χ1v) is 8.13. The van der Waals surface area contributed by atoms with Gasteiger partial charge in [0.25, 0.3) is 0 Å². The van der Waals surface area contributed by atoms with E-state index < -0.39 is 0 Å². The maximum absolute atomic E-state index is 6.30. The van der Waals surface area contributed by atoms with E-state index in [1.807, 2.05) is 4.68 Å². The van der Waals surface area contributed by atoms with Gasteiger partial charge in [0.2, 0.25) is 0 Å². The molecule has 1 unspecified atom stereocenters. The smallest absolute Gasteiger partial charge is 0.0821 e. The van der Waals surface area contributed by atoms with E-state index >= 15 is 0 Å². The van der Waals surface area contributed by atoms with Crippen molar-refractivity contribution in [2.45, 2.75) is 52.1 Å². The van der Waals surface area contributed by atoms with E-state index in [2.05, 4.69) is 42.5 Å². The van der Waals surface area contributed by atoms with Gasteiger partial charge in [-0.15, -0.1) is 0 Å². The molecule has 1 N–H and O–H groups in total. The number of fused-ring (bicyclic) bond motifs is 1. The molecule has 0 amide bonds. The van der Waals surface area contributed by atoms with Gasteiger partial charge in [-0.05, 0) is 43.4 Å². The van der Waals surface area contributed by atoms with Crippen molar-refractivity contribution in [3.05, 3.63) is 46.2 Å². The fourth-order valence-corrected chi connectivity index (χ4v) is 3.18. The molecule has 0 aliphatic carbocycles. The molecule has 0 spiro atoms. The monoisotopic (exact) mass is 303 g/mol. The van der Waals surface area contributed by atoms with E-state index in [9.17, 15) is 0 Å². The molecule has 1 aliphatic heterocycles. The quantitative estimate of drug-likeness (QED) is 0.913. The Labute approximate surface area is 131 Å². The minimum absolute atomic E-state index is 0.573. The molecule has 0 radical (unpaired) electrons. The Morgan fingerprint density at radius 2 is 2.29 bits per heavy atom. The Bertz CT molecular complexity index is 633. The fourth-order valence-electron chi connectivity index (χ4n) is 2.98. The van der Waals surface area contributed by atoms with Crippen molar-refractivity contribution in [3.8, 4) is 0 Å². The zero-order chi connectivity index (χ0) is 14.8. The van der Waals surface area contributed by atoms with Crippen molar-refractivity contribution in [2.75, 3.05) is 5.32 Å². The van der Waals surface area contributed by atoms with E-state index in [4.69, 9.17) is 11.6 Å². The summed E-state index contributed by atoms with van der Waals surface area (Å²) in [5.41, 5.74) is 5.13. The van der Waals surface area contributed by atoms with Crippen molar-refractivity contribution in [3.63, 3.8) is 0 Å². The van der Waals surface area contributed by atoms with E-state index in [1.165, 1.54) is 23.2 Å². The van der Waals surface area contributed by atoms with Crippen molar-refractivity contribution in [1.82, 2.24) is 9.78 Å². The first-order valence-electron chi connectivity index (χ1n) is 7.76. The van der Waals surface area contributed by atoms with Gasteiger partial charge in [-0.2, -0.15) is 5.10 Å². The summed E-state index contributed by atoms with van der Waals surface area (Å²) in [6, 6.07) is 7.29. The highest BCUT2D eigenvalue weighted by Gasteiger charge is 2.15. The highest BCUT2D eigenvalue weighted by Crippen LogP contribution is 2.27. The second-order valence-corrected chi connectivity index (χ2v) is 6.32. The van der Waals surface area contributed by atoms with Gasteiger partial charge in [0, 0.05) is 24.7 Å². The predicted octanol–water partition coefficient (Wildman–Crippen LogP) is 4.28. The SMILES string of the molecule is CCCn1ncc(Cl)c1Cc1ccc2c(c1)CCC(C)N2. The number of halogens is 1. The van der Waals surface area contributed by atoms with Gasteiger partial charge in [0.05, 0.1) is 16.9 Å². The molecule has 3 rings (SSSR count). The van der Waals surface area contributed by atoms with Crippen LogP contribution in [-0.2, 0) is 19.4 Å². The Hall–Kier alpha value is -1.48. The van der Waals surface area contributed by atoms with Crippen LogP contribution in [0.4, 0.5) is 5.69 Å². The Balaban J connectivity index is 1.84. The van der Waals surface area contributed by atoms with Crippen LogP contribution in [0.3, 0.4) is 0 Å². The van der Waals surface area contributed by atoms with Crippen LogP contribution in [0.25, 0.3) is 0 Å². The number of hydrogen-bond donors (Lipinski definition) is 1. The molecule has 0 saturated heterocycles. The molecule has 1 atom stereocenters. The second kappa shape index (κ2) is 6.10. The number of nitrogens with one attached hydrogen (secondary N) is 1. The molecule has 3 nitrogen and oxygen atoms in total. The summed E-state index contributed by atoms with van der Waals surface area (Å²) >= 11 is 6.30. The molecule has 21 heavy (non-hydrogen) atoms. The standard InChI is InChI=1S/C17H22ClN3/c1-3-8-21-17(15(18)11-19-21)10-13-5-7-16-14(9-13)6-4-12(2)20-16/h5,7,9,11-12,20H,3-4,6,8,10H2,1-2H3. The maximum atomic E-state index is 6.30. The van der Waals surface area contributed by atoms with Crippen LogP contribution in [0.5, 0.6) is 0 Å². The topological polar surface area (TPSA) is 29.9 Å². The lowest BCUT2D eigenvalue weighted by molar-refractivity contribution is 0.580. The third-order valence-electron chi connectivity index (χ3n) is 4.12. The molecule has 2 heterocycles. The lowest BCUT2D eigenvalue weighted by Gasteiger charge is -2.24. The van der Waals surface area contributed by atoms with Crippen LogP contribution in [0, 0.1) is 0 Å². The average Bonchev–Trinajstić information content (AvgIpc) is 2.81. The highest BCUT2D eigenvalue weighted by atomic mass is 35.5. The summed E-state index contributed by atoms with van der Waals surface area (Å²) in [5, 5.41) is 8.69. The normalized spacial score (nSPS) is 17.4. The number of aromatic nitrogens is 2. The Kier molecular flexibility index (Phi) is 4.20. The zero-order valence-corrected chi connectivity index (χ0v) is 13.5. The maximum Gasteiger partial charge on any atom is 0.0821 e. The van der Waals surface area contributed by atoms with E-state index in [1.54, 1.807) is 6.20 Å². The number of anilines is 1. The second-order valence-electron chi connectivity index (χ2n) is 5.91. The van der Waals surface area contributed by atoms with Crippen LogP contribution in [0.1, 0.15) is 43.5 Å². The average molecular weight is 304 g/mol. The molecular formula is C17H22ClN3. The van der Waals surface area contributed by atoms with Gasteiger partial charge in [-0.3, -0.25) is 4.68 Å². The minimum Gasteiger partial charge on any atom is -0.382 e. The molecular weight excluding hydrogens is 282 g/mol. The highest BCUT2D eigenvalue weighted by molar-refractivity contribution is 6.31. The third kappa shape index (κ3) is 3.08. The first kappa shape index (κ1) is 14.5. The van der Waals surface area contributed by atoms with Gasteiger partial charge in [0.15, 0.2) is 0 Å². The molecule has 4 heteroatoms. The zero-order valence-electron chi connectivity index (χ0n) is 12.7. The summed E-state index contributed by atoms with van der Waals surface area (Å²) in [6.45, 7) is 5.32. The Morgan fingerprint density at radius 3 is 3.10 bits per heavy atom. The molecule has 1 aliphatic rings. The molecule has 0 fully saturated rings. The molecule has 0 bridgehead atoms. The lowest BCUT2D eigenvalue weighted by Crippen LogP contribution is -2.21. The molecule has 2 aromatic rings. The van der Waals surface area contributed by atoms with Gasteiger partial charge >= 0.3 is 0 Å². The minimum atomic E-state index is 0.573. The summed E-state index contributed by atoms with van der Waals surface area (Å²) in [4.78, 5) is 0. The summed E-state index contributed by atoms with van der Waals surface area (Å²) in [7, 11) is 0. The number of aryl methyl sites for hydroxylation is 2. The number of rotatable bonds is 4. The van der Waals surface area contributed by atoms with Crippen LogP contribution in [0.2, 0.25) is 5.02 Å². The van der Waals surface area contributed by atoms with Crippen molar-refractivity contribution in [1.29, 1.82) is 0 Å². The van der Waals surface area contributed by atoms with Gasteiger partial charge in [-0.25, -0.2) is 0 Å². The number of nitrogens with zero attached hydrogens (tertiary/aromatic N) is 2. The van der Waals surface area contributed by atoms with Crippen molar-refractivity contribution >= 4 is 17.3 Å². The molecule has 0 saturated carbocycles. The predicted molar refractivity (Wildman–Crippen MR) is 88.2 cm³/mol. The third-order valence-corrected chi connectivity index (χ3v) is 4.44. The number of hydrogen-bond acceptors (Lipinski definition) is 2. The number of benzene rings is 1. The largest absolute Gasteiger partial charge is 0.382 e. The summed E-state index contributed by atoms with van der Waals surface area (Å²) in [6.07, 6.45) is 6.02. The fraction of sp³-hybridized carbons (Fsp3) is 0.471. The van der Waals surface area contributed by atoms with Gasteiger partial charge < -0.3 is 5.32 Å². The van der Waals surface area contributed by atoms with Crippen LogP contribution >= 0.6 is 11.6 Å². The Morgan fingerprint density at radius 1 is 1.43 bits per heavy atom. The summed E-state index contributed by atoms with van der Waals surface area (Å²) in [5.74, 6) is 0. The van der Waals surface area contributed by atoms with Gasteiger partial charge in [0.1, 0.15) is 0 Å². The van der Waals surface area contributed by atoms with Crippen LogP contribution < -0.4 is 5.32 Å². The van der Waals surface area contributed by atoms with E-state index in [0.717, 1.165) is 36.5 Å². The van der Waals surface area contributed by atoms with Crippen LogP contribution in [-0.4, -0.2) is 15.8 Å². The van der Waals surface area contributed by atoms with E-state index in [0.29, 0.717) is 6.04 Å². The molecule has 112 valence electrons.